The molecule has 0 bridgehead atoms. The molecule has 0 spiro atoms. The van der Waals surface area contributed by atoms with E-state index in [0.29, 0.717) is 24.3 Å². The van der Waals surface area contributed by atoms with Gasteiger partial charge in [0.2, 0.25) is 5.91 Å². The lowest BCUT2D eigenvalue weighted by atomic mass is 9.97. The minimum absolute atomic E-state index is 0.120. The second-order valence-electron chi connectivity index (χ2n) is 5.07. The van der Waals surface area contributed by atoms with Crippen molar-refractivity contribution in [3.63, 3.8) is 0 Å². The van der Waals surface area contributed by atoms with E-state index in [0.717, 1.165) is 12.2 Å². The number of carbonyl (C=O) groups is 1. The van der Waals surface area contributed by atoms with Gasteiger partial charge in [0.25, 0.3) is 0 Å². The molecule has 1 aromatic carbocycles. The molecule has 0 aromatic heterocycles. The molecule has 1 rings (SSSR count). The van der Waals surface area contributed by atoms with Crippen LogP contribution in [0.15, 0.2) is 24.3 Å². The number of benzene rings is 1. The zero-order chi connectivity index (χ0) is 15.0. The number of nitrogens with one attached hydrogen (secondary N) is 1. The van der Waals surface area contributed by atoms with Crippen molar-refractivity contribution >= 4 is 17.7 Å². The first kappa shape index (κ1) is 17.0. The predicted octanol–water partition coefficient (Wildman–Crippen LogP) is 2.69. The molecule has 0 aliphatic carbocycles. The summed E-state index contributed by atoms with van der Waals surface area (Å²) in [5.41, 5.74) is 5.82. The Labute approximate surface area is 124 Å². The number of amides is 1. The van der Waals surface area contributed by atoms with Gasteiger partial charge >= 0.3 is 0 Å². The normalized spacial score (nSPS) is 13.8. The van der Waals surface area contributed by atoms with Crippen molar-refractivity contribution in [2.75, 3.05) is 12.3 Å². The number of carbonyl (C=O) groups excluding carboxylic acids is 1. The van der Waals surface area contributed by atoms with Crippen LogP contribution >= 0.6 is 11.8 Å². The summed E-state index contributed by atoms with van der Waals surface area (Å²) in [6.45, 7) is 4.30. The fourth-order valence-electron chi connectivity index (χ4n) is 1.87. The Morgan fingerprint density at radius 1 is 1.45 bits per heavy atom. The van der Waals surface area contributed by atoms with Crippen molar-refractivity contribution in [1.82, 2.24) is 5.32 Å². The first-order valence-electron chi connectivity index (χ1n) is 6.85. The highest BCUT2D eigenvalue weighted by atomic mass is 32.2. The molecule has 0 radical (unpaired) electrons. The Balaban J connectivity index is 2.23. The van der Waals surface area contributed by atoms with Crippen LogP contribution in [0.2, 0.25) is 0 Å². The van der Waals surface area contributed by atoms with Crippen LogP contribution < -0.4 is 11.1 Å². The third kappa shape index (κ3) is 5.51. The minimum Gasteiger partial charge on any atom is -0.354 e. The summed E-state index contributed by atoms with van der Waals surface area (Å²) in [6, 6.07) is 6.74. The van der Waals surface area contributed by atoms with Gasteiger partial charge in [-0.2, -0.15) is 11.8 Å². The molecule has 0 aliphatic heterocycles. The van der Waals surface area contributed by atoms with Gasteiger partial charge in [-0.25, -0.2) is 4.39 Å². The number of halogens is 1. The lowest BCUT2D eigenvalue weighted by molar-refractivity contribution is -0.125. The lowest BCUT2D eigenvalue weighted by Crippen LogP contribution is -2.51. The van der Waals surface area contributed by atoms with Crippen LogP contribution in [0.4, 0.5) is 4.39 Å². The lowest BCUT2D eigenvalue weighted by Gasteiger charge is -2.22. The maximum absolute atomic E-state index is 13.4. The highest BCUT2D eigenvalue weighted by Gasteiger charge is 2.26. The molecule has 0 saturated heterocycles. The molecule has 3 N–H and O–H groups in total. The average molecular weight is 298 g/mol. The Morgan fingerprint density at radius 3 is 2.80 bits per heavy atom. The number of rotatable bonds is 8. The van der Waals surface area contributed by atoms with Crippen LogP contribution in [-0.2, 0) is 10.5 Å². The Kier molecular flexibility index (Phi) is 7.02. The van der Waals surface area contributed by atoms with Crippen molar-refractivity contribution in [3.05, 3.63) is 35.6 Å². The van der Waals surface area contributed by atoms with Crippen molar-refractivity contribution in [3.8, 4) is 0 Å². The van der Waals surface area contributed by atoms with Gasteiger partial charge in [-0.05, 0) is 25.0 Å². The van der Waals surface area contributed by atoms with Crippen molar-refractivity contribution in [2.24, 2.45) is 5.73 Å². The molecule has 1 atom stereocenters. The number of nitrogens with two attached hydrogens (primary N) is 1. The first-order chi connectivity index (χ1) is 9.47. The molecule has 1 amide bonds. The fraction of sp³-hybridized carbons (Fsp3) is 0.533. The molecule has 1 aromatic rings. The third-order valence-electron chi connectivity index (χ3n) is 3.04. The van der Waals surface area contributed by atoms with E-state index in [2.05, 4.69) is 5.32 Å². The SMILES string of the molecule is CCCC(C)(N)C(=O)NCCSCc1ccccc1F. The molecular weight excluding hydrogens is 275 g/mol. The van der Waals surface area contributed by atoms with E-state index in [1.807, 2.05) is 13.0 Å². The zero-order valence-corrected chi connectivity index (χ0v) is 12.9. The van der Waals surface area contributed by atoms with Crippen LogP contribution in [0, 0.1) is 5.82 Å². The standard InChI is InChI=1S/C15H23FN2OS/c1-3-8-15(2,17)14(19)18-9-10-20-11-12-6-4-5-7-13(12)16/h4-7H,3,8-11,17H2,1-2H3,(H,18,19). The molecule has 112 valence electrons. The average Bonchev–Trinajstić information content (AvgIpc) is 2.40. The summed E-state index contributed by atoms with van der Waals surface area (Å²) in [6.07, 6.45) is 1.55. The molecule has 0 saturated carbocycles. The van der Waals surface area contributed by atoms with Gasteiger partial charge in [0.1, 0.15) is 5.82 Å². The third-order valence-corrected chi connectivity index (χ3v) is 4.04. The molecule has 3 nitrogen and oxygen atoms in total. The Morgan fingerprint density at radius 2 is 2.15 bits per heavy atom. The molecule has 0 fully saturated rings. The predicted molar refractivity (Wildman–Crippen MR) is 83.1 cm³/mol. The summed E-state index contributed by atoms with van der Waals surface area (Å²) in [4.78, 5) is 11.8. The summed E-state index contributed by atoms with van der Waals surface area (Å²) in [5, 5.41) is 2.83. The van der Waals surface area contributed by atoms with Gasteiger partial charge < -0.3 is 11.1 Å². The summed E-state index contributed by atoms with van der Waals surface area (Å²) in [5.74, 6) is 1.05. The fourth-order valence-corrected chi connectivity index (χ4v) is 2.71. The maximum atomic E-state index is 13.4. The quantitative estimate of drug-likeness (QED) is 0.726. The van der Waals surface area contributed by atoms with E-state index in [1.54, 1.807) is 30.8 Å². The first-order valence-corrected chi connectivity index (χ1v) is 8.01. The minimum atomic E-state index is -0.801. The smallest absolute Gasteiger partial charge is 0.239 e. The van der Waals surface area contributed by atoms with Crippen LogP contribution in [0.5, 0.6) is 0 Å². The molecule has 0 aliphatic rings. The second-order valence-corrected chi connectivity index (χ2v) is 6.17. The highest BCUT2D eigenvalue weighted by molar-refractivity contribution is 7.98. The van der Waals surface area contributed by atoms with E-state index in [1.165, 1.54) is 6.07 Å². The van der Waals surface area contributed by atoms with Gasteiger partial charge in [-0.15, -0.1) is 0 Å². The van der Waals surface area contributed by atoms with E-state index in [-0.39, 0.29) is 11.7 Å². The van der Waals surface area contributed by atoms with Crippen LogP contribution in [0.3, 0.4) is 0 Å². The van der Waals surface area contributed by atoms with Crippen LogP contribution in [0.25, 0.3) is 0 Å². The van der Waals surface area contributed by atoms with Crippen LogP contribution in [0.1, 0.15) is 32.3 Å². The molecule has 5 heteroatoms. The Hall–Kier alpha value is -1.07. The van der Waals surface area contributed by atoms with Gasteiger partial charge in [0, 0.05) is 18.1 Å². The Bertz CT molecular complexity index is 438. The van der Waals surface area contributed by atoms with Gasteiger partial charge in [0.15, 0.2) is 0 Å². The topological polar surface area (TPSA) is 55.1 Å². The van der Waals surface area contributed by atoms with Gasteiger partial charge in [0.05, 0.1) is 5.54 Å². The van der Waals surface area contributed by atoms with Gasteiger partial charge in [-0.3, -0.25) is 4.79 Å². The largest absolute Gasteiger partial charge is 0.354 e. The van der Waals surface area contributed by atoms with E-state index in [9.17, 15) is 9.18 Å². The van der Waals surface area contributed by atoms with Crippen molar-refractivity contribution < 1.29 is 9.18 Å². The zero-order valence-electron chi connectivity index (χ0n) is 12.1. The second kappa shape index (κ2) is 8.27. The van der Waals surface area contributed by atoms with E-state index in [4.69, 9.17) is 5.73 Å². The maximum Gasteiger partial charge on any atom is 0.239 e. The summed E-state index contributed by atoms with van der Waals surface area (Å²) >= 11 is 1.59. The monoisotopic (exact) mass is 298 g/mol. The molecule has 0 heterocycles. The summed E-state index contributed by atoms with van der Waals surface area (Å²) < 4.78 is 13.4. The van der Waals surface area contributed by atoms with Crippen molar-refractivity contribution in [2.45, 2.75) is 38.0 Å². The highest BCUT2D eigenvalue weighted by Crippen LogP contribution is 2.15. The molecule has 20 heavy (non-hydrogen) atoms. The van der Waals surface area contributed by atoms with E-state index < -0.39 is 5.54 Å². The van der Waals surface area contributed by atoms with Gasteiger partial charge in [-0.1, -0.05) is 31.5 Å². The van der Waals surface area contributed by atoms with Crippen molar-refractivity contribution in [1.29, 1.82) is 0 Å². The van der Waals surface area contributed by atoms with Crippen LogP contribution in [-0.4, -0.2) is 23.7 Å². The number of hydrogen-bond donors (Lipinski definition) is 2. The number of hydrogen-bond acceptors (Lipinski definition) is 3. The van der Waals surface area contributed by atoms with E-state index >= 15 is 0 Å². The summed E-state index contributed by atoms with van der Waals surface area (Å²) in [7, 11) is 0. The molecular formula is C15H23FN2OS. The molecule has 1 unspecified atom stereocenters. The number of thioether (sulfide) groups is 1.